The molecule has 0 aliphatic carbocycles. The number of nitrogens with zero attached hydrogens (tertiary/aromatic N) is 1. The number of benzene rings is 1. The van der Waals surface area contributed by atoms with E-state index >= 15 is 0 Å². The molecule has 128 valence electrons. The molecule has 2 heterocycles. The van der Waals surface area contributed by atoms with Gasteiger partial charge in [-0.1, -0.05) is 17.7 Å². The third kappa shape index (κ3) is 4.83. The van der Waals surface area contributed by atoms with Gasteiger partial charge in [0, 0.05) is 32.5 Å². The summed E-state index contributed by atoms with van der Waals surface area (Å²) in [6.45, 7) is 5.51. The number of likely N-dealkylation sites (tertiary alicyclic amines) is 1. The van der Waals surface area contributed by atoms with Crippen LogP contribution in [0.2, 0.25) is 0 Å². The number of carbonyl (C=O) groups excluding carboxylic acids is 1. The van der Waals surface area contributed by atoms with Gasteiger partial charge in [-0.05, 0) is 19.1 Å². The van der Waals surface area contributed by atoms with Gasteiger partial charge in [0.2, 0.25) is 5.91 Å². The summed E-state index contributed by atoms with van der Waals surface area (Å²) in [5.74, 6) is 1.08. The smallest absolute Gasteiger partial charge is 0.242 e. The quantitative estimate of drug-likeness (QED) is 0.911. The number of piperidine rings is 1. The van der Waals surface area contributed by atoms with E-state index in [1.165, 1.54) is 5.56 Å². The van der Waals surface area contributed by atoms with Gasteiger partial charge >= 0.3 is 0 Å². The van der Waals surface area contributed by atoms with Crippen molar-refractivity contribution in [3.05, 3.63) is 29.8 Å². The Morgan fingerprint density at radius 1 is 1.26 bits per heavy atom. The molecule has 1 aromatic carbocycles. The molecule has 2 saturated heterocycles. The average molecular weight is 341 g/mol. The van der Waals surface area contributed by atoms with E-state index in [1.54, 1.807) is 0 Å². The SMILES string of the molecule is Cc1ccc(OC2CCN(C(=O)C3COCCN3)CC2)cc1.Cl. The van der Waals surface area contributed by atoms with E-state index in [-0.39, 0.29) is 30.5 Å². The Morgan fingerprint density at radius 2 is 1.96 bits per heavy atom. The molecule has 2 aliphatic rings. The van der Waals surface area contributed by atoms with Crippen molar-refractivity contribution >= 4 is 18.3 Å². The van der Waals surface area contributed by atoms with Crippen molar-refractivity contribution in [2.75, 3.05) is 32.8 Å². The molecule has 1 unspecified atom stereocenters. The Kier molecular flexibility index (Phi) is 6.69. The fourth-order valence-corrected chi connectivity index (χ4v) is 2.95. The molecule has 0 saturated carbocycles. The van der Waals surface area contributed by atoms with Crippen molar-refractivity contribution in [3.63, 3.8) is 0 Å². The van der Waals surface area contributed by atoms with Crippen LogP contribution in [-0.4, -0.2) is 55.8 Å². The van der Waals surface area contributed by atoms with Crippen LogP contribution in [-0.2, 0) is 9.53 Å². The van der Waals surface area contributed by atoms with Gasteiger partial charge in [0.15, 0.2) is 0 Å². The first-order chi connectivity index (χ1) is 10.7. The first kappa shape index (κ1) is 18.0. The highest BCUT2D eigenvalue weighted by atomic mass is 35.5. The number of ether oxygens (including phenoxy) is 2. The van der Waals surface area contributed by atoms with Crippen LogP contribution in [0.1, 0.15) is 18.4 Å². The molecule has 6 heteroatoms. The maximum atomic E-state index is 12.4. The minimum Gasteiger partial charge on any atom is -0.490 e. The van der Waals surface area contributed by atoms with Crippen molar-refractivity contribution in [2.24, 2.45) is 0 Å². The predicted octanol–water partition coefficient (Wildman–Crippen LogP) is 1.78. The standard InChI is InChI=1S/C17H24N2O3.ClH/c1-13-2-4-14(5-3-13)22-15-6-9-19(10-7-15)17(20)16-12-21-11-8-18-16;/h2-5,15-16,18H,6-12H2,1H3;1H. The lowest BCUT2D eigenvalue weighted by atomic mass is 10.1. The van der Waals surface area contributed by atoms with Crippen LogP contribution in [0.3, 0.4) is 0 Å². The maximum Gasteiger partial charge on any atom is 0.242 e. The van der Waals surface area contributed by atoms with E-state index in [0.29, 0.717) is 13.2 Å². The van der Waals surface area contributed by atoms with Gasteiger partial charge in [-0.3, -0.25) is 4.79 Å². The summed E-state index contributed by atoms with van der Waals surface area (Å²) in [5.41, 5.74) is 1.23. The number of halogens is 1. The zero-order valence-corrected chi connectivity index (χ0v) is 14.3. The summed E-state index contributed by atoms with van der Waals surface area (Å²) in [6.07, 6.45) is 1.96. The molecule has 3 rings (SSSR count). The summed E-state index contributed by atoms with van der Waals surface area (Å²) in [7, 11) is 0. The van der Waals surface area contributed by atoms with Gasteiger partial charge in [0.25, 0.3) is 0 Å². The van der Waals surface area contributed by atoms with Crippen molar-refractivity contribution < 1.29 is 14.3 Å². The molecule has 0 aromatic heterocycles. The Labute approximate surface area is 143 Å². The summed E-state index contributed by atoms with van der Waals surface area (Å²) >= 11 is 0. The highest BCUT2D eigenvalue weighted by Gasteiger charge is 2.29. The number of amides is 1. The van der Waals surface area contributed by atoms with E-state index in [0.717, 1.165) is 38.2 Å². The molecule has 1 atom stereocenters. The molecule has 0 radical (unpaired) electrons. The summed E-state index contributed by atoms with van der Waals surface area (Å²) in [5, 5.41) is 3.23. The summed E-state index contributed by atoms with van der Waals surface area (Å²) in [6, 6.07) is 7.96. The van der Waals surface area contributed by atoms with Crippen molar-refractivity contribution in [3.8, 4) is 5.75 Å². The van der Waals surface area contributed by atoms with Gasteiger partial charge in [0.05, 0.1) is 13.2 Å². The first-order valence-electron chi connectivity index (χ1n) is 8.05. The van der Waals surface area contributed by atoms with Crippen molar-refractivity contribution in [1.82, 2.24) is 10.2 Å². The van der Waals surface area contributed by atoms with Crippen molar-refractivity contribution in [1.29, 1.82) is 0 Å². The molecular formula is C17H25ClN2O3. The number of rotatable bonds is 3. The van der Waals surface area contributed by atoms with E-state index < -0.39 is 0 Å². The lowest BCUT2D eigenvalue weighted by Gasteiger charge is -2.35. The third-order valence-electron chi connectivity index (χ3n) is 4.30. The number of nitrogens with one attached hydrogen (secondary N) is 1. The molecule has 0 spiro atoms. The van der Waals surface area contributed by atoms with Crippen LogP contribution >= 0.6 is 12.4 Å². The maximum absolute atomic E-state index is 12.4. The van der Waals surface area contributed by atoms with Crippen LogP contribution in [0.4, 0.5) is 0 Å². The highest BCUT2D eigenvalue weighted by Crippen LogP contribution is 2.20. The molecule has 0 bridgehead atoms. The average Bonchev–Trinajstić information content (AvgIpc) is 2.58. The van der Waals surface area contributed by atoms with Crippen LogP contribution in [0, 0.1) is 6.92 Å². The fourth-order valence-electron chi connectivity index (χ4n) is 2.95. The minimum absolute atomic E-state index is 0. The second-order valence-electron chi connectivity index (χ2n) is 6.04. The number of carbonyl (C=O) groups is 1. The Bertz CT molecular complexity index is 495. The third-order valence-corrected chi connectivity index (χ3v) is 4.30. The zero-order chi connectivity index (χ0) is 15.4. The molecular weight excluding hydrogens is 316 g/mol. The second kappa shape index (κ2) is 8.52. The Morgan fingerprint density at radius 3 is 2.57 bits per heavy atom. The molecule has 1 N–H and O–H groups in total. The van der Waals surface area contributed by atoms with Crippen LogP contribution in [0.25, 0.3) is 0 Å². The molecule has 5 nitrogen and oxygen atoms in total. The number of hydrogen-bond donors (Lipinski definition) is 1. The molecule has 23 heavy (non-hydrogen) atoms. The Balaban J connectivity index is 0.00000192. The largest absolute Gasteiger partial charge is 0.490 e. The molecule has 1 amide bonds. The molecule has 2 fully saturated rings. The van der Waals surface area contributed by atoms with E-state index in [9.17, 15) is 4.79 Å². The molecule has 2 aliphatic heterocycles. The number of morpholine rings is 1. The second-order valence-corrected chi connectivity index (χ2v) is 6.04. The van der Waals surface area contributed by atoms with Crippen molar-refractivity contribution in [2.45, 2.75) is 31.9 Å². The topological polar surface area (TPSA) is 50.8 Å². The minimum atomic E-state index is -0.177. The molecule has 1 aromatic rings. The van der Waals surface area contributed by atoms with Crippen LogP contribution in [0.15, 0.2) is 24.3 Å². The van der Waals surface area contributed by atoms with Crippen LogP contribution < -0.4 is 10.1 Å². The monoisotopic (exact) mass is 340 g/mol. The van der Waals surface area contributed by atoms with E-state index in [2.05, 4.69) is 24.4 Å². The van der Waals surface area contributed by atoms with Gasteiger partial charge in [-0.15, -0.1) is 12.4 Å². The highest BCUT2D eigenvalue weighted by molar-refractivity contribution is 5.85. The Hall–Kier alpha value is -1.30. The van der Waals surface area contributed by atoms with E-state index in [1.807, 2.05) is 17.0 Å². The lowest BCUT2D eigenvalue weighted by Crippen LogP contribution is -2.54. The summed E-state index contributed by atoms with van der Waals surface area (Å²) < 4.78 is 11.4. The lowest BCUT2D eigenvalue weighted by molar-refractivity contribution is -0.138. The van der Waals surface area contributed by atoms with Gasteiger partial charge in [-0.25, -0.2) is 0 Å². The van der Waals surface area contributed by atoms with Crippen LogP contribution in [0.5, 0.6) is 5.75 Å². The number of hydrogen-bond acceptors (Lipinski definition) is 4. The van der Waals surface area contributed by atoms with Gasteiger partial charge in [0.1, 0.15) is 17.9 Å². The van der Waals surface area contributed by atoms with E-state index in [4.69, 9.17) is 9.47 Å². The zero-order valence-electron chi connectivity index (χ0n) is 13.5. The normalized spacial score (nSPS) is 22.3. The fraction of sp³-hybridized carbons (Fsp3) is 0.588. The van der Waals surface area contributed by atoms with Gasteiger partial charge in [-0.2, -0.15) is 0 Å². The summed E-state index contributed by atoms with van der Waals surface area (Å²) in [4.78, 5) is 14.3. The first-order valence-corrected chi connectivity index (χ1v) is 8.05. The van der Waals surface area contributed by atoms with Gasteiger partial charge < -0.3 is 19.7 Å². The predicted molar refractivity (Wildman–Crippen MR) is 91.3 cm³/mol. The number of aryl methyl sites for hydroxylation is 1.